The zero-order valence-electron chi connectivity index (χ0n) is 9.18. The van der Waals surface area contributed by atoms with Crippen molar-refractivity contribution in [3.8, 4) is 17.0 Å². The first kappa shape index (κ1) is 10.4. The molecule has 0 saturated carbocycles. The summed E-state index contributed by atoms with van der Waals surface area (Å²) in [6.45, 7) is 0. The Balaban J connectivity index is 2.57. The number of rotatable bonds is 3. The summed E-state index contributed by atoms with van der Waals surface area (Å²) in [4.78, 5) is 10.7. The van der Waals surface area contributed by atoms with Crippen LogP contribution in [0.1, 0.15) is 10.5 Å². The number of carbonyl (C=O) groups is 1. The van der Waals surface area contributed by atoms with Crippen molar-refractivity contribution in [2.24, 2.45) is 7.05 Å². The minimum atomic E-state index is 0.420. The molecule has 0 N–H and O–H groups in total. The van der Waals surface area contributed by atoms with E-state index in [0.717, 1.165) is 23.3 Å². The first-order valence-electron chi connectivity index (χ1n) is 4.89. The molecule has 0 atom stereocenters. The van der Waals surface area contributed by atoms with Gasteiger partial charge in [-0.3, -0.25) is 9.48 Å². The molecule has 1 aromatic carbocycles. The molecule has 82 valence electrons. The molecule has 0 bridgehead atoms. The summed E-state index contributed by atoms with van der Waals surface area (Å²) in [6, 6.07) is 9.38. The van der Waals surface area contributed by atoms with Crippen molar-refractivity contribution in [1.82, 2.24) is 9.78 Å². The Bertz CT molecular complexity index is 517. The Morgan fingerprint density at radius 2 is 2.12 bits per heavy atom. The van der Waals surface area contributed by atoms with Gasteiger partial charge >= 0.3 is 0 Å². The Kier molecular flexibility index (Phi) is 2.72. The van der Waals surface area contributed by atoms with E-state index in [0.29, 0.717) is 5.69 Å². The van der Waals surface area contributed by atoms with Crippen molar-refractivity contribution in [3.05, 3.63) is 36.0 Å². The van der Waals surface area contributed by atoms with E-state index in [4.69, 9.17) is 4.74 Å². The molecule has 0 aliphatic heterocycles. The normalized spacial score (nSPS) is 10.1. The second kappa shape index (κ2) is 4.18. The highest BCUT2D eigenvalue weighted by atomic mass is 16.5. The number of methoxy groups -OCH3 is 1. The number of para-hydroxylation sites is 1. The van der Waals surface area contributed by atoms with Gasteiger partial charge in [0.2, 0.25) is 0 Å². The van der Waals surface area contributed by atoms with Crippen molar-refractivity contribution in [1.29, 1.82) is 0 Å². The maximum absolute atomic E-state index is 10.7. The first-order valence-corrected chi connectivity index (χ1v) is 4.89. The molecular weight excluding hydrogens is 204 g/mol. The predicted molar refractivity (Wildman–Crippen MR) is 60.6 cm³/mol. The summed E-state index contributed by atoms with van der Waals surface area (Å²) in [7, 11) is 3.42. The maximum atomic E-state index is 10.7. The van der Waals surface area contributed by atoms with Gasteiger partial charge < -0.3 is 4.74 Å². The van der Waals surface area contributed by atoms with Gasteiger partial charge in [0, 0.05) is 12.6 Å². The number of aldehydes is 1. The third kappa shape index (κ3) is 1.69. The second-order valence-electron chi connectivity index (χ2n) is 3.40. The summed E-state index contributed by atoms with van der Waals surface area (Å²) < 4.78 is 6.94. The number of ether oxygens (including phenoxy) is 1. The van der Waals surface area contributed by atoms with Crippen LogP contribution < -0.4 is 4.74 Å². The fourth-order valence-electron chi connectivity index (χ4n) is 1.66. The largest absolute Gasteiger partial charge is 0.496 e. The van der Waals surface area contributed by atoms with Crippen molar-refractivity contribution in [2.75, 3.05) is 7.11 Å². The Labute approximate surface area is 93.5 Å². The minimum absolute atomic E-state index is 0.420. The topological polar surface area (TPSA) is 44.1 Å². The summed E-state index contributed by atoms with van der Waals surface area (Å²) >= 11 is 0. The third-order valence-electron chi connectivity index (χ3n) is 2.40. The van der Waals surface area contributed by atoms with E-state index in [2.05, 4.69) is 5.10 Å². The van der Waals surface area contributed by atoms with E-state index in [1.165, 1.54) is 0 Å². The fraction of sp³-hybridized carbons (Fsp3) is 0.167. The summed E-state index contributed by atoms with van der Waals surface area (Å²) in [5.74, 6) is 0.767. The highest BCUT2D eigenvalue weighted by Crippen LogP contribution is 2.29. The molecule has 4 nitrogen and oxygen atoms in total. The molecule has 0 fully saturated rings. The second-order valence-corrected chi connectivity index (χ2v) is 3.40. The van der Waals surface area contributed by atoms with Gasteiger partial charge in [0.15, 0.2) is 6.29 Å². The third-order valence-corrected chi connectivity index (χ3v) is 2.40. The predicted octanol–water partition coefficient (Wildman–Crippen LogP) is 1.91. The van der Waals surface area contributed by atoms with Crippen molar-refractivity contribution in [3.63, 3.8) is 0 Å². The zero-order chi connectivity index (χ0) is 11.5. The van der Waals surface area contributed by atoms with Crippen LogP contribution in [0.25, 0.3) is 11.3 Å². The van der Waals surface area contributed by atoms with Crippen LogP contribution in [-0.4, -0.2) is 23.2 Å². The van der Waals surface area contributed by atoms with E-state index in [-0.39, 0.29) is 0 Å². The fourth-order valence-corrected chi connectivity index (χ4v) is 1.66. The van der Waals surface area contributed by atoms with Crippen molar-refractivity contribution in [2.45, 2.75) is 0 Å². The lowest BCUT2D eigenvalue weighted by Crippen LogP contribution is -1.96. The lowest BCUT2D eigenvalue weighted by Gasteiger charge is -2.07. The van der Waals surface area contributed by atoms with E-state index >= 15 is 0 Å². The monoisotopic (exact) mass is 216 g/mol. The number of nitrogens with zero attached hydrogens (tertiary/aromatic N) is 2. The molecule has 0 radical (unpaired) electrons. The van der Waals surface area contributed by atoms with E-state index < -0.39 is 0 Å². The van der Waals surface area contributed by atoms with Gasteiger partial charge in [-0.05, 0) is 18.2 Å². The van der Waals surface area contributed by atoms with Gasteiger partial charge in [-0.2, -0.15) is 5.10 Å². The van der Waals surface area contributed by atoms with Gasteiger partial charge in [0.25, 0.3) is 0 Å². The summed E-state index contributed by atoms with van der Waals surface area (Å²) in [5.41, 5.74) is 2.20. The van der Waals surface area contributed by atoms with Crippen molar-refractivity contribution < 1.29 is 9.53 Å². The molecule has 0 aliphatic carbocycles. The van der Waals surface area contributed by atoms with Gasteiger partial charge in [-0.1, -0.05) is 12.1 Å². The molecule has 0 aliphatic rings. The van der Waals surface area contributed by atoms with Crippen LogP contribution in [0.5, 0.6) is 5.75 Å². The average Bonchev–Trinajstić information content (AvgIpc) is 2.70. The van der Waals surface area contributed by atoms with Crippen LogP contribution in [-0.2, 0) is 7.05 Å². The SMILES string of the molecule is COc1ccccc1-c1cc(C=O)nn1C. The highest BCUT2D eigenvalue weighted by molar-refractivity contribution is 5.77. The van der Waals surface area contributed by atoms with Gasteiger partial charge in [0.05, 0.1) is 12.8 Å². The number of aromatic nitrogens is 2. The van der Waals surface area contributed by atoms with Crippen LogP contribution in [0.3, 0.4) is 0 Å². The molecule has 1 heterocycles. The smallest absolute Gasteiger partial charge is 0.170 e. The molecule has 0 spiro atoms. The molecule has 16 heavy (non-hydrogen) atoms. The number of aryl methyl sites for hydroxylation is 1. The number of benzene rings is 1. The van der Waals surface area contributed by atoms with Crippen LogP contribution in [0.15, 0.2) is 30.3 Å². The molecule has 0 amide bonds. The molecule has 4 heteroatoms. The molecule has 1 aromatic heterocycles. The number of hydrogen-bond acceptors (Lipinski definition) is 3. The van der Waals surface area contributed by atoms with E-state index in [1.807, 2.05) is 24.3 Å². The molecule has 2 rings (SSSR count). The molecule has 2 aromatic rings. The molecule has 0 saturated heterocycles. The summed E-state index contributed by atoms with van der Waals surface area (Å²) in [6.07, 6.45) is 0.735. The quantitative estimate of drug-likeness (QED) is 0.736. The van der Waals surface area contributed by atoms with Gasteiger partial charge in [-0.15, -0.1) is 0 Å². The lowest BCUT2D eigenvalue weighted by atomic mass is 10.1. The number of hydrogen-bond donors (Lipinski definition) is 0. The van der Waals surface area contributed by atoms with Gasteiger partial charge in [0.1, 0.15) is 11.4 Å². The van der Waals surface area contributed by atoms with Crippen LogP contribution >= 0.6 is 0 Å². The Morgan fingerprint density at radius 1 is 1.38 bits per heavy atom. The summed E-state index contributed by atoms with van der Waals surface area (Å²) in [5, 5.41) is 4.07. The molecular formula is C12H12N2O2. The number of carbonyl (C=O) groups excluding carboxylic acids is 1. The Morgan fingerprint density at radius 3 is 2.75 bits per heavy atom. The molecule has 0 unspecified atom stereocenters. The van der Waals surface area contributed by atoms with Crippen LogP contribution in [0.4, 0.5) is 0 Å². The standard InChI is InChI=1S/C12H12N2O2/c1-14-11(7-9(8-15)13-14)10-5-3-4-6-12(10)16-2/h3-8H,1-2H3. The Hall–Kier alpha value is -2.10. The van der Waals surface area contributed by atoms with E-state index in [9.17, 15) is 4.79 Å². The van der Waals surface area contributed by atoms with Gasteiger partial charge in [-0.25, -0.2) is 0 Å². The lowest BCUT2D eigenvalue weighted by molar-refractivity contribution is 0.111. The maximum Gasteiger partial charge on any atom is 0.170 e. The minimum Gasteiger partial charge on any atom is -0.496 e. The van der Waals surface area contributed by atoms with Crippen LogP contribution in [0, 0.1) is 0 Å². The zero-order valence-corrected chi connectivity index (χ0v) is 9.18. The first-order chi connectivity index (χ1) is 7.76. The average molecular weight is 216 g/mol. The highest BCUT2D eigenvalue weighted by Gasteiger charge is 2.10. The van der Waals surface area contributed by atoms with Crippen molar-refractivity contribution >= 4 is 6.29 Å². The van der Waals surface area contributed by atoms with E-state index in [1.54, 1.807) is 24.9 Å². The van der Waals surface area contributed by atoms with Crippen LogP contribution in [0.2, 0.25) is 0 Å².